The van der Waals surface area contributed by atoms with Gasteiger partial charge in [0.1, 0.15) is 17.4 Å². The van der Waals surface area contributed by atoms with Crippen LogP contribution < -0.4 is 5.56 Å². The summed E-state index contributed by atoms with van der Waals surface area (Å²) < 4.78 is 13.4. The van der Waals surface area contributed by atoms with Crippen LogP contribution in [0.2, 0.25) is 5.02 Å². The summed E-state index contributed by atoms with van der Waals surface area (Å²) in [5, 5.41) is 8.89. The van der Waals surface area contributed by atoms with Gasteiger partial charge in [0.15, 0.2) is 4.77 Å². The maximum absolute atomic E-state index is 13.4. The summed E-state index contributed by atoms with van der Waals surface area (Å²) in [6.07, 6.45) is 0. The Morgan fingerprint density at radius 3 is 2.72 bits per heavy atom. The number of nitrogens with zero attached hydrogens (tertiary/aromatic N) is 1. The minimum absolute atomic E-state index is 0.0410. The van der Waals surface area contributed by atoms with Gasteiger partial charge in [0.25, 0.3) is 5.56 Å². The largest absolute Gasteiger partial charge is 0.331 e. The summed E-state index contributed by atoms with van der Waals surface area (Å²) in [7, 11) is 0. The molecular formula is C11H5ClFN3OS. The zero-order chi connectivity index (χ0) is 13.3. The predicted octanol–water partition coefficient (Wildman–Crippen LogP) is 2.76. The topological polar surface area (TPSA) is 72.4 Å². The standard InChI is InChI=1S/C11H5ClFN3OS/c12-7-2-1-5(3-8(7)13)9-6(4-14)10(17)16-11(18)15-9/h1-3H,(H2,15,16,17,18). The van der Waals surface area contributed by atoms with Crippen LogP contribution in [0.5, 0.6) is 0 Å². The van der Waals surface area contributed by atoms with E-state index in [1.807, 2.05) is 0 Å². The van der Waals surface area contributed by atoms with E-state index in [4.69, 9.17) is 29.1 Å². The molecule has 7 heteroatoms. The predicted molar refractivity (Wildman–Crippen MR) is 67.4 cm³/mol. The third kappa shape index (κ3) is 2.18. The summed E-state index contributed by atoms with van der Waals surface area (Å²) in [5.74, 6) is -0.641. The maximum Gasteiger partial charge on any atom is 0.270 e. The summed E-state index contributed by atoms with van der Waals surface area (Å²) in [6, 6.07) is 5.71. The molecule has 0 aliphatic heterocycles. The molecule has 90 valence electrons. The normalized spacial score (nSPS) is 10.1. The van der Waals surface area contributed by atoms with Crippen LogP contribution in [0.3, 0.4) is 0 Å². The lowest BCUT2D eigenvalue weighted by Crippen LogP contribution is -2.13. The summed E-state index contributed by atoms with van der Waals surface area (Å²) in [5.41, 5.74) is -0.288. The first-order chi connectivity index (χ1) is 8.52. The fraction of sp³-hybridized carbons (Fsp3) is 0. The van der Waals surface area contributed by atoms with Crippen molar-refractivity contribution in [2.24, 2.45) is 0 Å². The zero-order valence-electron chi connectivity index (χ0n) is 8.75. The van der Waals surface area contributed by atoms with Crippen molar-refractivity contribution in [3.05, 3.63) is 49.7 Å². The molecule has 2 N–H and O–H groups in total. The molecule has 1 aromatic carbocycles. The van der Waals surface area contributed by atoms with Crippen LogP contribution in [0.15, 0.2) is 23.0 Å². The Bertz CT molecular complexity index is 775. The summed E-state index contributed by atoms with van der Waals surface area (Å²) in [4.78, 5) is 16.5. The molecule has 0 atom stereocenters. The van der Waals surface area contributed by atoms with Crippen LogP contribution in [0.4, 0.5) is 4.39 Å². The summed E-state index contributed by atoms with van der Waals surface area (Å²) in [6.45, 7) is 0. The first-order valence-corrected chi connectivity index (χ1v) is 5.53. The van der Waals surface area contributed by atoms with Crippen molar-refractivity contribution < 1.29 is 4.39 Å². The molecule has 0 saturated carbocycles. The van der Waals surface area contributed by atoms with Crippen LogP contribution in [0.25, 0.3) is 11.3 Å². The molecule has 0 spiro atoms. The van der Waals surface area contributed by atoms with E-state index in [-0.39, 0.29) is 21.1 Å². The number of H-pyrrole nitrogens is 2. The van der Waals surface area contributed by atoms with Gasteiger partial charge in [-0.15, -0.1) is 0 Å². The highest BCUT2D eigenvalue weighted by Crippen LogP contribution is 2.23. The van der Waals surface area contributed by atoms with Gasteiger partial charge in [-0.1, -0.05) is 17.7 Å². The fourth-order valence-electron chi connectivity index (χ4n) is 1.46. The van der Waals surface area contributed by atoms with Gasteiger partial charge in [0, 0.05) is 5.56 Å². The second-order valence-electron chi connectivity index (χ2n) is 3.40. The lowest BCUT2D eigenvalue weighted by molar-refractivity contribution is 0.628. The number of nitrogens with one attached hydrogen (secondary N) is 2. The van der Waals surface area contributed by atoms with E-state index in [1.165, 1.54) is 12.1 Å². The van der Waals surface area contributed by atoms with Gasteiger partial charge in [0.2, 0.25) is 0 Å². The average molecular weight is 282 g/mol. The van der Waals surface area contributed by atoms with Crippen molar-refractivity contribution in [2.75, 3.05) is 0 Å². The molecule has 0 aliphatic carbocycles. The van der Waals surface area contributed by atoms with E-state index in [0.29, 0.717) is 5.56 Å². The molecule has 1 aromatic heterocycles. The molecule has 0 bridgehead atoms. The molecule has 0 unspecified atom stereocenters. The molecule has 0 saturated heterocycles. The van der Waals surface area contributed by atoms with Crippen LogP contribution in [0, 0.1) is 21.9 Å². The van der Waals surface area contributed by atoms with E-state index in [2.05, 4.69) is 9.97 Å². The van der Waals surface area contributed by atoms with Gasteiger partial charge in [-0.25, -0.2) is 4.39 Å². The molecule has 2 rings (SSSR count). The molecule has 0 radical (unpaired) electrons. The smallest absolute Gasteiger partial charge is 0.270 e. The van der Waals surface area contributed by atoms with Crippen molar-refractivity contribution in [3.63, 3.8) is 0 Å². The van der Waals surface area contributed by atoms with Crippen molar-refractivity contribution in [3.8, 4) is 17.3 Å². The van der Waals surface area contributed by atoms with Crippen molar-refractivity contribution in [2.45, 2.75) is 0 Å². The van der Waals surface area contributed by atoms with Gasteiger partial charge in [-0.05, 0) is 24.4 Å². The lowest BCUT2D eigenvalue weighted by Gasteiger charge is -2.04. The molecule has 0 amide bonds. The van der Waals surface area contributed by atoms with Gasteiger partial charge in [-0.3, -0.25) is 9.78 Å². The molecule has 4 nitrogen and oxygen atoms in total. The number of nitriles is 1. The number of aromatic nitrogens is 2. The van der Waals surface area contributed by atoms with Crippen LogP contribution >= 0.6 is 23.8 Å². The summed E-state index contributed by atoms with van der Waals surface area (Å²) >= 11 is 10.4. The molecule has 18 heavy (non-hydrogen) atoms. The third-order valence-electron chi connectivity index (χ3n) is 2.26. The second kappa shape index (κ2) is 4.72. The number of halogens is 2. The second-order valence-corrected chi connectivity index (χ2v) is 4.21. The van der Waals surface area contributed by atoms with Crippen molar-refractivity contribution in [1.82, 2.24) is 9.97 Å². The van der Waals surface area contributed by atoms with Crippen molar-refractivity contribution >= 4 is 23.8 Å². The molecule has 0 aliphatic rings. The Morgan fingerprint density at radius 2 is 2.11 bits per heavy atom. The number of hydrogen-bond donors (Lipinski definition) is 2. The number of aromatic amines is 2. The monoisotopic (exact) mass is 281 g/mol. The van der Waals surface area contributed by atoms with Gasteiger partial charge in [-0.2, -0.15) is 5.26 Å². The Labute approximate surface area is 111 Å². The Morgan fingerprint density at radius 1 is 1.39 bits per heavy atom. The highest BCUT2D eigenvalue weighted by Gasteiger charge is 2.11. The maximum atomic E-state index is 13.4. The van der Waals surface area contributed by atoms with Crippen LogP contribution in [0.1, 0.15) is 5.56 Å². The Hall–Kier alpha value is -1.97. The Kier molecular flexibility index (Phi) is 3.28. The van der Waals surface area contributed by atoms with E-state index in [1.54, 1.807) is 6.07 Å². The van der Waals surface area contributed by atoms with E-state index < -0.39 is 11.4 Å². The molecule has 0 fully saturated rings. The minimum atomic E-state index is -0.641. The Balaban J connectivity index is 2.79. The lowest BCUT2D eigenvalue weighted by atomic mass is 10.1. The molecule has 2 aromatic rings. The first kappa shape index (κ1) is 12.5. The van der Waals surface area contributed by atoms with Crippen LogP contribution in [-0.2, 0) is 0 Å². The van der Waals surface area contributed by atoms with Crippen molar-refractivity contribution in [1.29, 1.82) is 5.26 Å². The highest BCUT2D eigenvalue weighted by atomic mass is 35.5. The van der Waals surface area contributed by atoms with Crippen LogP contribution in [-0.4, -0.2) is 9.97 Å². The van der Waals surface area contributed by atoms with E-state index in [0.717, 1.165) is 6.07 Å². The van der Waals surface area contributed by atoms with Gasteiger partial charge < -0.3 is 4.98 Å². The number of benzene rings is 1. The first-order valence-electron chi connectivity index (χ1n) is 4.75. The number of rotatable bonds is 1. The highest BCUT2D eigenvalue weighted by molar-refractivity contribution is 7.71. The number of hydrogen-bond acceptors (Lipinski definition) is 3. The SMILES string of the molecule is N#Cc1c(-c2ccc(Cl)c(F)c2)[nH]c(=S)[nH]c1=O. The molecular weight excluding hydrogens is 277 g/mol. The van der Waals surface area contributed by atoms with Gasteiger partial charge in [0.05, 0.1) is 10.7 Å². The average Bonchev–Trinajstić information content (AvgIpc) is 2.32. The van der Waals surface area contributed by atoms with E-state index in [9.17, 15) is 9.18 Å². The quantitative estimate of drug-likeness (QED) is 0.790. The molecule has 1 heterocycles. The minimum Gasteiger partial charge on any atom is -0.331 e. The third-order valence-corrected chi connectivity index (χ3v) is 2.77. The van der Waals surface area contributed by atoms with Gasteiger partial charge >= 0.3 is 0 Å². The fourth-order valence-corrected chi connectivity index (χ4v) is 1.77. The van der Waals surface area contributed by atoms with E-state index >= 15 is 0 Å². The zero-order valence-corrected chi connectivity index (χ0v) is 10.3.